The Hall–Kier alpha value is -3.26. The molecule has 1 saturated heterocycles. The van der Waals surface area contributed by atoms with E-state index in [9.17, 15) is 0 Å². The Labute approximate surface area is 164 Å². The summed E-state index contributed by atoms with van der Waals surface area (Å²) in [4.78, 5) is 13.1. The van der Waals surface area contributed by atoms with Crippen molar-refractivity contribution in [1.29, 1.82) is 0 Å². The summed E-state index contributed by atoms with van der Waals surface area (Å²) in [6, 6.07) is 14.0. The zero-order chi connectivity index (χ0) is 19.2. The number of aromatic nitrogens is 4. The first kappa shape index (κ1) is 18.1. The van der Waals surface area contributed by atoms with Crippen molar-refractivity contribution in [2.45, 2.75) is 0 Å². The molecule has 4 rings (SSSR count). The van der Waals surface area contributed by atoms with Gasteiger partial charge in [0.1, 0.15) is 5.69 Å². The maximum Gasteiger partial charge on any atom is 0.225 e. The minimum Gasteiger partial charge on any atom is -0.382 e. The molecule has 144 valence electrons. The molecule has 8 nitrogen and oxygen atoms in total. The van der Waals surface area contributed by atoms with Crippen molar-refractivity contribution in [1.82, 2.24) is 20.2 Å². The van der Waals surface area contributed by atoms with Crippen LogP contribution in [0.15, 0.2) is 54.9 Å². The summed E-state index contributed by atoms with van der Waals surface area (Å²) in [5.74, 6) is 1.64. The van der Waals surface area contributed by atoms with Gasteiger partial charge in [-0.1, -0.05) is 30.3 Å². The molecule has 1 aromatic carbocycles. The van der Waals surface area contributed by atoms with Gasteiger partial charge in [0.15, 0.2) is 5.82 Å². The number of anilines is 3. The Balaban J connectivity index is 1.52. The second-order valence-corrected chi connectivity index (χ2v) is 6.57. The molecule has 0 amide bonds. The number of hydrogen-bond donors (Lipinski definition) is 2. The number of rotatable bonds is 6. The average Bonchev–Trinajstić information content (AvgIpc) is 2.79. The lowest BCUT2D eigenvalue weighted by molar-refractivity contribution is 0.631. The molecule has 8 heteroatoms. The van der Waals surface area contributed by atoms with Gasteiger partial charge in [-0.05, 0) is 6.07 Å². The van der Waals surface area contributed by atoms with Gasteiger partial charge in [-0.2, -0.15) is 0 Å². The molecular weight excluding hydrogens is 352 g/mol. The molecular formula is C20H24N8. The van der Waals surface area contributed by atoms with Crippen molar-refractivity contribution in [3.63, 3.8) is 0 Å². The van der Waals surface area contributed by atoms with Gasteiger partial charge < -0.3 is 20.9 Å². The lowest BCUT2D eigenvalue weighted by Crippen LogP contribution is -2.47. The van der Waals surface area contributed by atoms with Gasteiger partial charge in [0.2, 0.25) is 5.95 Å². The number of nitrogens with one attached hydrogen (secondary N) is 1. The highest BCUT2D eigenvalue weighted by molar-refractivity contribution is 5.75. The maximum absolute atomic E-state index is 5.69. The highest BCUT2D eigenvalue weighted by atomic mass is 15.3. The highest BCUT2D eigenvalue weighted by Gasteiger charge is 2.21. The van der Waals surface area contributed by atoms with E-state index in [1.54, 1.807) is 12.4 Å². The second-order valence-electron chi connectivity index (χ2n) is 6.57. The fraction of sp³-hybridized carbons (Fsp3) is 0.300. The summed E-state index contributed by atoms with van der Waals surface area (Å²) in [5.41, 5.74) is 8.52. The van der Waals surface area contributed by atoms with E-state index in [2.05, 4.69) is 41.3 Å². The quantitative estimate of drug-likeness (QED) is 0.670. The van der Waals surface area contributed by atoms with E-state index in [-0.39, 0.29) is 0 Å². The third-order valence-corrected chi connectivity index (χ3v) is 4.73. The monoisotopic (exact) mass is 376 g/mol. The second kappa shape index (κ2) is 8.62. The van der Waals surface area contributed by atoms with Gasteiger partial charge in [0.25, 0.3) is 0 Å². The van der Waals surface area contributed by atoms with Gasteiger partial charge >= 0.3 is 0 Å². The lowest BCUT2D eigenvalue weighted by atomic mass is 10.1. The molecule has 0 spiro atoms. The van der Waals surface area contributed by atoms with Gasteiger partial charge in [0, 0.05) is 63.3 Å². The zero-order valence-corrected chi connectivity index (χ0v) is 15.7. The Morgan fingerprint density at radius 2 is 1.61 bits per heavy atom. The Kier molecular flexibility index (Phi) is 5.58. The third kappa shape index (κ3) is 4.01. The lowest BCUT2D eigenvalue weighted by Gasteiger charge is -2.35. The first-order valence-electron chi connectivity index (χ1n) is 9.49. The molecule has 0 saturated carbocycles. The molecule has 3 heterocycles. The summed E-state index contributed by atoms with van der Waals surface area (Å²) < 4.78 is 0. The van der Waals surface area contributed by atoms with Crippen molar-refractivity contribution in [2.24, 2.45) is 5.73 Å². The van der Waals surface area contributed by atoms with Crippen molar-refractivity contribution >= 4 is 17.5 Å². The van der Waals surface area contributed by atoms with Crippen LogP contribution in [0.4, 0.5) is 17.5 Å². The van der Waals surface area contributed by atoms with Gasteiger partial charge in [-0.25, -0.2) is 9.97 Å². The summed E-state index contributed by atoms with van der Waals surface area (Å²) in [5, 5.41) is 12.4. The standard InChI is InChI=1S/C20H24N8/c21-7-10-22-17-15-18(25-26-19(17)16-5-2-1-3-6-16)27-11-13-28(14-12-27)20-23-8-4-9-24-20/h1-6,8-9,15H,7,10-14,21H2,(H,22,25). The topological polar surface area (TPSA) is 96.1 Å². The smallest absolute Gasteiger partial charge is 0.225 e. The SMILES string of the molecule is NCCNc1cc(N2CCN(c3ncccn3)CC2)nnc1-c1ccccc1. The average molecular weight is 376 g/mol. The maximum atomic E-state index is 5.69. The molecule has 0 radical (unpaired) electrons. The van der Waals surface area contributed by atoms with Gasteiger partial charge in [-0.15, -0.1) is 10.2 Å². The molecule has 3 aromatic rings. The summed E-state index contributed by atoms with van der Waals surface area (Å²) >= 11 is 0. The molecule has 0 unspecified atom stereocenters. The molecule has 28 heavy (non-hydrogen) atoms. The van der Waals surface area contributed by atoms with Crippen LogP contribution in [-0.4, -0.2) is 59.4 Å². The highest BCUT2D eigenvalue weighted by Crippen LogP contribution is 2.28. The van der Waals surface area contributed by atoms with Crippen LogP contribution in [-0.2, 0) is 0 Å². The van der Waals surface area contributed by atoms with Crippen molar-refractivity contribution in [2.75, 3.05) is 54.4 Å². The fourth-order valence-electron chi connectivity index (χ4n) is 3.28. The van der Waals surface area contributed by atoms with E-state index >= 15 is 0 Å². The Morgan fingerprint density at radius 1 is 0.893 bits per heavy atom. The fourth-order valence-corrected chi connectivity index (χ4v) is 3.28. The minimum absolute atomic E-state index is 0.557. The van der Waals surface area contributed by atoms with Crippen molar-refractivity contribution in [3.8, 4) is 11.3 Å². The van der Waals surface area contributed by atoms with E-state index in [0.717, 1.165) is 54.9 Å². The number of nitrogens with two attached hydrogens (primary N) is 1. The molecule has 0 bridgehead atoms. The summed E-state index contributed by atoms with van der Waals surface area (Å²) in [7, 11) is 0. The molecule has 1 aliphatic heterocycles. The number of nitrogens with zero attached hydrogens (tertiary/aromatic N) is 6. The van der Waals surface area contributed by atoms with E-state index in [4.69, 9.17) is 5.73 Å². The third-order valence-electron chi connectivity index (χ3n) is 4.73. The van der Waals surface area contributed by atoms with E-state index < -0.39 is 0 Å². The summed E-state index contributed by atoms with van der Waals surface area (Å²) in [6.45, 7) is 4.61. The normalized spacial score (nSPS) is 14.2. The molecule has 1 aliphatic rings. The molecule has 1 fully saturated rings. The Bertz CT molecular complexity index is 879. The molecule has 0 atom stereocenters. The predicted octanol–water partition coefficient (Wildman–Crippen LogP) is 1.63. The van der Waals surface area contributed by atoms with Crippen LogP contribution in [0.5, 0.6) is 0 Å². The number of hydrogen-bond acceptors (Lipinski definition) is 8. The number of benzene rings is 1. The minimum atomic E-state index is 0.557. The first-order valence-corrected chi connectivity index (χ1v) is 9.49. The predicted molar refractivity (Wildman–Crippen MR) is 111 cm³/mol. The van der Waals surface area contributed by atoms with Crippen LogP contribution >= 0.6 is 0 Å². The van der Waals surface area contributed by atoms with Crippen LogP contribution in [0.3, 0.4) is 0 Å². The Morgan fingerprint density at radius 3 is 2.32 bits per heavy atom. The van der Waals surface area contributed by atoms with Gasteiger partial charge in [0.05, 0.1) is 5.69 Å². The van der Waals surface area contributed by atoms with E-state index in [1.165, 1.54) is 0 Å². The van der Waals surface area contributed by atoms with Crippen LogP contribution < -0.4 is 20.9 Å². The van der Waals surface area contributed by atoms with Gasteiger partial charge in [-0.3, -0.25) is 0 Å². The molecule has 0 aliphatic carbocycles. The largest absolute Gasteiger partial charge is 0.382 e. The summed E-state index contributed by atoms with van der Waals surface area (Å²) in [6.07, 6.45) is 3.55. The molecule has 3 N–H and O–H groups in total. The van der Waals surface area contributed by atoms with Crippen LogP contribution in [0.25, 0.3) is 11.3 Å². The first-order chi connectivity index (χ1) is 13.8. The van der Waals surface area contributed by atoms with E-state index in [1.807, 2.05) is 36.4 Å². The van der Waals surface area contributed by atoms with Crippen LogP contribution in [0, 0.1) is 0 Å². The van der Waals surface area contributed by atoms with E-state index in [0.29, 0.717) is 13.1 Å². The molecule has 2 aromatic heterocycles. The van der Waals surface area contributed by atoms with Crippen molar-refractivity contribution < 1.29 is 0 Å². The van der Waals surface area contributed by atoms with Crippen LogP contribution in [0.2, 0.25) is 0 Å². The number of piperazine rings is 1. The van der Waals surface area contributed by atoms with Crippen LogP contribution in [0.1, 0.15) is 0 Å². The zero-order valence-electron chi connectivity index (χ0n) is 15.7. The van der Waals surface area contributed by atoms with Crippen molar-refractivity contribution in [3.05, 3.63) is 54.9 Å².